The number of nitrogens with one attached hydrogen (secondary N) is 1. The Hall–Kier alpha value is -1.89. The second-order valence-corrected chi connectivity index (χ2v) is 6.39. The number of likely N-dealkylation sites (tertiary alicyclic amines) is 1. The molecule has 0 unspecified atom stereocenters. The second kappa shape index (κ2) is 7.79. The first-order chi connectivity index (χ1) is 11.7. The first-order valence-electron chi connectivity index (χ1n) is 8.77. The monoisotopic (exact) mass is 334 g/mol. The van der Waals surface area contributed by atoms with Gasteiger partial charge in [-0.3, -0.25) is 0 Å². The molecule has 1 amide bonds. The lowest BCUT2D eigenvalue weighted by Gasteiger charge is -2.32. The van der Waals surface area contributed by atoms with E-state index in [-0.39, 0.29) is 6.09 Å². The summed E-state index contributed by atoms with van der Waals surface area (Å²) in [6.07, 6.45) is 2.60. The van der Waals surface area contributed by atoms with Crippen LogP contribution in [0.3, 0.4) is 0 Å². The van der Waals surface area contributed by atoms with E-state index in [1.54, 1.807) is 4.90 Å². The van der Waals surface area contributed by atoms with Crippen LogP contribution in [0.5, 0.6) is 0 Å². The fourth-order valence-corrected chi connectivity index (χ4v) is 3.27. The summed E-state index contributed by atoms with van der Waals surface area (Å²) in [5, 5.41) is 3.51. The minimum atomic E-state index is -0.211. The molecular formula is C17H26N4O3. The van der Waals surface area contributed by atoms with Crippen LogP contribution in [0, 0.1) is 6.92 Å². The van der Waals surface area contributed by atoms with Crippen LogP contribution in [0.2, 0.25) is 0 Å². The number of amides is 1. The zero-order chi connectivity index (χ0) is 16.9. The smallest absolute Gasteiger partial charge is 0.409 e. The lowest BCUT2D eigenvalue weighted by Crippen LogP contribution is -2.42. The largest absolute Gasteiger partial charge is 0.450 e. The number of anilines is 1. The van der Waals surface area contributed by atoms with Crippen LogP contribution in [0.25, 0.3) is 0 Å². The normalized spacial score (nSPS) is 21.8. The Morgan fingerprint density at radius 1 is 1.38 bits per heavy atom. The first-order valence-corrected chi connectivity index (χ1v) is 8.77. The van der Waals surface area contributed by atoms with Crippen molar-refractivity contribution < 1.29 is 14.3 Å². The van der Waals surface area contributed by atoms with Crippen molar-refractivity contribution in [2.75, 3.05) is 38.2 Å². The molecule has 2 fully saturated rings. The quantitative estimate of drug-likeness (QED) is 0.910. The van der Waals surface area contributed by atoms with Gasteiger partial charge < -0.3 is 19.7 Å². The van der Waals surface area contributed by atoms with Crippen molar-refractivity contribution in [3.63, 3.8) is 0 Å². The van der Waals surface area contributed by atoms with Gasteiger partial charge in [-0.2, -0.15) is 0 Å². The van der Waals surface area contributed by atoms with Gasteiger partial charge in [0, 0.05) is 37.7 Å². The summed E-state index contributed by atoms with van der Waals surface area (Å²) in [7, 11) is 0. The highest BCUT2D eigenvalue weighted by atomic mass is 16.6. The highest BCUT2D eigenvalue weighted by molar-refractivity contribution is 5.67. The number of piperidine rings is 1. The molecule has 3 heterocycles. The zero-order valence-electron chi connectivity index (χ0n) is 14.5. The number of aromatic nitrogens is 2. The highest BCUT2D eigenvalue weighted by Gasteiger charge is 2.25. The molecule has 0 spiro atoms. The summed E-state index contributed by atoms with van der Waals surface area (Å²) in [6.45, 7) is 7.15. The summed E-state index contributed by atoms with van der Waals surface area (Å²) in [4.78, 5) is 22.6. The Morgan fingerprint density at radius 3 is 2.83 bits per heavy atom. The van der Waals surface area contributed by atoms with Crippen molar-refractivity contribution in [2.24, 2.45) is 0 Å². The SMILES string of the molecule is CCOC(=O)N1CCC(Nc2cc([C@H]3CCOC3)nc(C)n2)CC1. The Morgan fingerprint density at radius 2 is 2.17 bits per heavy atom. The number of hydrogen-bond acceptors (Lipinski definition) is 6. The lowest BCUT2D eigenvalue weighted by atomic mass is 10.0. The molecule has 1 aromatic heterocycles. The van der Waals surface area contributed by atoms with Crippen LogP contribution in [-0.4, -0.2) is 59.9 Å². The van der Waals surface area contributed by atoms with Gasteiger partial charge in [0.25, 0.3) is 0 Å². The van der Waals surface area contributed by atoms with Crippen molar-refractivity contribution >= 4 is 11.9 Å². The maximum Gasteiger partial charge on any atom is 0.409 e. The summed E-state index contributed by atoms with van der Waals surface area (Å²) in [5.41, 5.74) is 1.06. The molecular weight excluding hydrogens is 308 g/mol. The third-order valence-electron chi connectivity index (χ3n) is 4.58. The second-order valence-electron chi connectivity index (χ2n) is 6.39. The van der Waals surface area contributed by atoms with Crippen molar-refractivity contribution in [2.45, 2.75) is 45.1 Å². The zero-order valence-corrected chi connectivity index (χ0v) is 14.5. The third-order valence-corrected chi connectivity index (χ3v) is 4.58. The fraction of sp³-hybridized carbons (Fsp3) is 0.706. The predicted octanol–water partition coefficient (Wildman–Crippen LogP) is 2.32. The topological polar surface area (TPSA) is 76.6 Å². The molecule has 2 aliphatic rings. The average Bonchev–Trinajstić information content (AvgIpc) is 3.10. The summed E-state index contributed by atoms with van der Waals surface area (Å²) in [6, 6.07) is 2.36. The minimum absolute atomic E-state index is 0.211. The Kier molecular flexibility index (Phi) is 5.50. The molecule has 3 rings (SSSR count). The molecule has 1 atom stereocenters. The van der Waals surface area contributed by atoms with Gasteiger partial charge in [0.2, 0.25) is 0 Å². The van der Waals surface area contributed by atoms with Crippen LogP contribution in [0.4, 0.5) is 10.6 Å². The molecule has 2 saturated heterocycles. The molecule has 0 saturated carbocycles. The molecule has 1 aromatic rings. The van der Waals surface area contributed by atoms with Crippen LogP contribution < -0.4 is 5.32 Å². The predicted molar refractivity (Wildman–Crippen MR) is 90.2 cm³/mol. The number of carbonyl (C=O) groups excluding carboxylic acids is 1. The molecule has 132 valence electrons. The Balaban J connectivity index is 1.58. The van der Waals surface area contributed by atoms with Gasteiger partial charge in [-0.25, -0.2) is 14.8 Å². The standard InChI is InChI=1S/C17H26N4O3/c1-3-24-17(22)21-7-4-14(5-8-21)20-16-10-15(18-12(2)19-16)13-6-9-23-11-13/h10,13-14H,3-9,11H2,1-2H3,(H,18,19,20)/t13-/m0/s1. The van der Waals surface area contributed by atoms with E-state index < -0.39 is 0 Å². The molecule has 0 aromatic carbocycles. The third kappa shape index (κ3) is 4.14. The average molecular weight is 334 g/mol. The van der Waals surface area contributed by atoms with Crippen LogP contribution in [0.15, 0.2) is 6.07 Å². The molecule has 24 heavy (non-hydrogen) atoms. The number of rotatable bonds is 4. The number of nitrogens with zero attached hydrogens (tertiary/aromatic N) is 3. The van der Waals surface area contributed by atoms with Gasteiger partial charge in [0.1, 0.15) is 11.6 Å². The van der Waals surface area contributed by atoms with Gasteiger partial charge in [-0.15, -0.1) is 0 Å². The van der Waals surface area contributed by atoms with Crippen LogP contribution >= 0.6 is 0 Å². The van der Waals surface area contributed by atoms with Crippen molar-refractivity contribution in [1.29, 1.82) is 0 Å². The Bertz CT molecular complexity index is 567. The molecule has 7 heteroatoms. The summed E-state index contributed by atoms with van der Waals surface area (Å²) >= 11 is 0. The number of ether oxygens (including phenoxy) is 2. The maximum absolute atomic E-state index is 11.8. The van der Waals surface area contributed by atoms with E-state index in [4.69, 9.17) is 9.47 Å². The van der Waals surface area contributed by atoms with E-state index in [2.05, 4.69) is 15.3 Å². The van der Waals surface area contributed by atoms with Gasteiger partial charge in [-0.1, -0.05) is 0 Å². The van der Waals surface area contributed by atoms with E-state index in [1.807, 2.05) is 19.9 Å². The molecule has 0 radical (unpaired) electrons. The van der Waals surface area contributed by atoms with Crippen molar-refractivity contribution in [3.05, 3.63) is 17.6 Å². The van der Waals surface area contributed by atoms with Crippen molar-refractivity contribution in [1.82, 2.24) is 14.9 Å². The van der Waals surface area contributed by atoms with Gasteiger partial charge >= 0.3 is 6.09 Å². The number of hydrogen-bond donors (Lipinski definition) is 1. The molecule has 2 aliphatic heterocycles. The van der Waals surface area contributed by atoms with E-state index in [1.165, 1.54) is 0 Å². The maximum atomic E-state index is 11.8. The van der Waals surface area contributed by atoms with Gasteiger partial charge in [0.15, 0.2) is 0 Å². The number of carbonyl (C=O) groups is 1. The summed E-state index contributed by atoms with van der Waals surface area (Å²) in [5.74, 6) is 2.03. The van der Waals surface area contributed by atoms with Gasteiger partial charge in [-0.05, 0) is 33.1 Å². The number of aryl methyl sites for hydroxylation is 1. The van der Waals surface area contributed by atoms with Crippen molar-refractivity contribution in [3.8, 4) is 0 Å². The summed E-state index contributed by atoms with van der Waals surface area (Å²) < 4.78 is 10.5. The van der Waals surface area contributed by atoms with Gasteiger partial charge in [0.05, 0.1) is 18.9 Å². The highest BCUT2D eigenvalue weighted by Crippen LogP contribution is 2.26. The molecule has 0 aliphatic carbocycles. The van der Waals surface area contributed by atoms with Crippen LogP contribution in [-0.2, 0) is 9.47 Å². The minimum Gasteiger partial charge on any atom is -0.450 e. The van der Waals surface area contributed by atoms with E-state index >= 15 is 0 Å². The molecule has 0 bridgehead atoms. The molecule has 7 nitrogen and oxygen atoms in total. The van der Waals surface area contributed by atoms with E-state index in [9.17, 15) is 4.79 Å². The van der Waals surface area contributed by atoms with E-state index in [0.717, 1.165) is 49.8 Å². The Labute approximate surface area is 142 Å². The first kappa shape index (κ1) is 17.0. The lowest BCUT2D eigenvalue weighted by molar-refractivity contribution is 0.0983. The fourth-order valence-electron chi connectivity index (χ4n) is 3.27. The van der Waals surface area contributed by atoms with E-state index in [0.29, 0.717) is 31.7 Å². The molecule has 1 N–H and O–H groups in total. The van der Waals surface area contributed by atoms with Crippen LogP contribution in [0.1, 0.15) is 43.6 Å².